The minimum atomic E-state index is -0.825. The molecule has 2 aliphatic heterocycles. The molecule has 1 amide bonds. The molecule has 0 spiro atoms. The molecule has 8 nitrogen and oxygen atoms in total. The average Bonchev–Trinajstić information content (AvgIpc) is 2.82. The fourth-order valence-corrected chi connectivity index (χ4v) is 1.48. The summed E-state index contributed by atoms with van der Waals surface area (Å²) < 4.78 is 29.2. The lowest BCUT2D eigenvalue weighted by atomic mass is 9.97. The first-order chi connectivity index (χ1) is 9.10. The Kier molecular flexibility index (Phi) is 7.43. The highest BCUT2D eigenvalue weighted by Gasteiger charge is 2.44. The number of carbonyl (C=O) groups excluding carboxylic acids is 1. The summed E-state index contributed by atoms with van der Waals surface area (Å²) in [5, 5.41) is 0. The van der Waals surface area contributed by atoms with Crippen LogP contribution in [0, 0.1) is 0 Å². The van der Waals surface area contributed by atoms with Crippen LogP contribution in [0.15, 0.2) is 0 Å². The highest BCUT2D eigenvalue weighted by molar-refractivity contribution is 6.66. The normalized spacial score (nSPS) is 19.7. The molecule has 2 rings (SSSR count). The van der Waals surface area contributed by atoms with Crippen molar-refractivity contribution < 1.29 is 32.5 Å². The van der Waals surface area contributed by atoms with Crippen molar-refractivity contribution >= 4 is 27.9 Å². The van der Waals surface area contributed by atoms with E-state index in [1.165, 1.54) is 21.3 Å². The molecule has 2 saturated heterocycles. The van der Waals surface area contributed by atoms with Crippen molar-refractivity contribution in [3.8, 4) is 0 Å². The minimum absolute atomic E-state index is 0.292. The summed E-state index contributed by atoms with van der Waals surface area (Å²) in [6.07, 6.45) is 1.81. The van der Waals surface area contributed by atoms with Crippen LogP contribution in [0.3, 0.4) is 0 Å². The van der Waals surface area contributed by atoms with Crippen LogP contribution in [0.5, 0.6) is 0 Å². The quantitative estimate of drug-likeness (QED) is 0.622. The van der Waals surface area contributed by atoms with Crippen molar-refractivity contribution in [3.63, 3.8) is 0 Å². The van der Waals surface area contributed by atoms with E-state index in [0.29, 0.717) is 5.91 Å². The van der Waals surface area contributed by atoms with Crippen molar-refractivity contribution in [3.05, 3.63) is 0 Å². The lowest BCUT2D eigenvalue weighted by Gasteiger charge is -2.25. The molecule has 0 aliphatic carbocycles. The third-order valence-electron chi connectivity index (χ3n) is 2.55. The molecule has 0 radical (unpaired) electrons. The molecule has 11 heteroatoms. The number of hydrogen-bond acceptors (Lipinski definition) is 7. The number of nitrogens with zero attached hydrogens (tertiary/aromatic N) is 1. The van der Waals surface area contributed by atoms with Crippen LogP contribution in [0.25, 0.3) is 0 Å². The highest BCUT2D eigenvalue weighted by atomic mass is 16.9. The molecule has 0 N–H and O–H groups in total. The predicted octanol–water partition coefficient (Wildman–Crippen LogP) is -0.818. The van der Waals surface area contributed by atoms with Crippen LogP contribution in [0.2, 0.25) is 0 Å². The maximum Gasteiger partial charge on any atom is 0.615 e. The van der Waals surface area contributed by atoms with Gasteiger partial charge < -0.3 is 32.6 Å². The minimum Gasteiger partial charge on any atom is -0.400 e. The number of rotatable bonds is 3. The van der Waals surface area contributed by atoms with E-state index in [4.69, 9.17) is 27.7 Å². The van der Waals surface area contributed by atoms with E-state index >= 15 is 0 Å². The molecule has 0 unspecified atom stereocenters. The summed E-state index contributed by atoms with van der Waals surface area (Å²) in [4.78, 5) is 12.3. The molecule has 0 aromatic carbocycles. The van der Waals surface area contributed by atoms with Crippen LogP contribution in [0.4, 0.5) is 0 Å². The van der Waals surface area contributed by atoms with Crippen LogP contribution in [0.1, 0.15) is 12.8 Å². The molecule has 19 heavy (non-hydrogen) atoms. The van der Waals surface area contributed by atoms with Crippen molar-refractivity contribution in [1.29, 1.82) is 0 Å². The van der Waals surface area contributed by atoms with E-state index in [1.807, 2.05) is 7.05 Å². The molecule has 2 aliphatic rings. The second-order valence-corrected chi connectivity index (χ2v) is 3.90. The van der Waals surface area contributed by atoms with Gasteiger partial charge in [0.2, 0.25) is 5.91 Å². The molecule has 0 bridgehead atoms. The predicted molar refractivity (Wildman–Crippen MR) is 68.4 cm³/mol. The zero-order chi connectivity index (χ0) is 14.3. The Hall–Kier alpha value is -0.575. The first-order valence-electron chi connectivity index (χ1n) is 5.89. The second-order valence-electron chi connectivity index (χ2n) is 3.90. The van der Waals surface area contributed by atoms with Crippen LogP contribution < -0.4 is 0 Å². The van der Waals surface area contributed by atoms with Gasteiger partial charge in [0.1, 0.15) is 0 Å². The lowest BCUT2D eigenvalue weighted by Crippen LogP contribution is -2.51. The Balaban J connectivity index is 0.000000218. The summed E-state index contributed by atoms with van der Waals surface area (Å²) in [6.45, 7) is 0.957. The van der Waals surface area contributed by atoms with Gasteiger partial charge in [-0.05, 0) is 6.42 Å². The molecular weight excluding hydrogens is 255 g/mol. The smallest absolute Gasteiger partial charge is 0.400 e. The Morgan fingerprint density at radius 1 is 1.00 bits per heavy atom. The SMILES string of the molecule is CN1CCCC1=O.COB1OB(OC)OB(OC)O1. The molecule has 2 fully saturated rings. The van der Waals surface area contributed by atoms with Gasteiger partial charge in [0.05, 0.1) is 0 Å². The maximum atomic E-state index is 10.5. The van der Waals surface area contributed by atoms with Crippen molar-refractivity contribution in [1.82, 2.24) is 4.90 Å². The second kappa shape index (κ2) is 8.57. The van der Waals surface area contributed by atoms with E-state index in [2.05, 4.69) is 0 Å². The zero-order valence-corrected chi connectivity index (χ0v) is 11.7. The zero-order valence-electron chi connectivity index (χ0n) is 11.7. The van der Waals surface area contributed by atoms with E-state index < -0.39 is 22.0 Å². The van der Waals surface area contributed by atoms with E-state index in [-0.39, 0.29) is 0 Å². The Morgan fingerprint density at radius 2 is 1.42 bits per heavy atom. The number of likely N-dealkylation sites (tertiary alicyclic amines) is 1. The van der Waals surface area contributed by atoms with E-state index in [0.717, 1.165) is 19.4 Å². The molecule has 0 atom stereocenters. The molecule has 106 valence electrons. The lowest BCUT2D eigenvalue weighted by molar-refractivity contribution is -0.126. The highest BCUT2D eigenvalue weighted by Crippen LogP contribution is 2.08. The van der Waals surface area contributed by atoms with Gasteiger partial charge in [-0.15, -0.1) is 0 Å². The summed E-state index contributed by atoms with van der Waals surface area (Å²) in [6, 6.07) is 0. The van der Waals surface area contributed by atoms with Gasteiger partial charge in [-0.3, -0.25) is 4.79 Å². The summed E-state index contributed by atoms with van der Waals surface area (Å²) in [7, 11) is 3.69. The third-order valence-corrected chi connectivity index (χ3v) is 2.55. The Labute approximate surface area is 114 Å². The van der Waals surface area contributed by atoms with Crippen LogP contribution in [-0.4, -0.2) is 67.7 Å². The Morgan fingerprint density at radius 3 is 1.58 bits per heavy atom. The van der Waals surface area contributed by atoms with Gasteiger partial charge in [-0.25, -0.2) is 0 Å². The standard InChI is InChI=1S/C5H9NO.C3H9B3O6/c1-6-4-2-3-5(6)7;1-7-4-10-5(8-2)12-6(9-3)11-4/h2-4H2,1H3;1-3H3. The van der Waals surface area contributed by atoms with E-state index in [1.54, 1.807) is 4.90 Å². The van der Waals surface area contributed by atoms with Crippen molar-refractivity contribution in [2.24, 2.45) is 0 Å². The first-order valence-corrected chi connectivity index (χ1v) is 5.89. The summed E-state index contributed by atoms with van der Waals surface area (Å²) >= 11 is 0. The number of carbonyl (C=O) groups is 1. The van der Waals surface area contributed by atoms with Crippen molar-refractivity contribution in [2.75, 3.05) is 34.9 Å². The molecule has 0 aromatic heterocycles. The van der Waals surface area contributed by atoms with Crippen molar-refractivity contribution in [2.45, 2.75) is 12.8 Å². The van der Waals surface area contributed by atoms with Crippen LogP contribution >= 0.6 is 0 Å². The summed E-state index contributed by atoms with van der Waals surface area (Å²) in [5.74, 6) is 0.292. The van der Waals surface area contributed by atoms with Gasteiger partial charge in [-0.2, -0.15) is 0 Å². The Bertz CT molecular complexity index is 255. The van der Waals surface area contributed by atoms with Crippen LogP contribution in [-0.2, 0) is 32.5 Å². The van der Waals surface area contributed by atoms with Gasteiger partial charge in [-0.1, -0.05) is 0 Å². The largest absolute Gasteiger partial charge is 0.615 e. The molecular formula is C8H18B3NO7. The topological polar surface area (TPSA) is 75.7 Å². The average molecular weight is 273 g/mol. The summed E-state index contributed by atoms with van der Waals surface area (Å²) in [5.41, 5.74) is 0. The van der Waals surface area contributed by atoms with Gasteiger partial charge in [0.25, 0.3) is 0 Å². The van der Waals surface area contributed by atoms with Gasteiger partial charge in [0.15, 0.2) is 0 Å². The fraction of sp³-hybridized carbons (Fsp3) is 0.875. The van der Waals surface area contributed by atoms with Gasteiger partial charge in [0, 0.05) is 41.3 Å². The monoisotopic (exact) mass is 273 g/mol. The molecule has 0 aromatic rings. The number of amides is 1. The number of hydrogen-bond donors (Lipinski definition) is 0. The maximum absolute atomic E-state index is 10.5. The molecule has 2 heterocycles. The van der Waals surface area contributed by atoms with E-state index in [9.17, 15) is 4.79 Å². The van der Waals surface area contributed by atoms with Gasteiger partial charge >= 0.3 is 22.0 Å². The fourth-order valence-electron chi connectivity index (χ4n) is 1.48. The third kappa shape index (κ3) is 5.51. The first kappa shape index (κ1) is 16.5. The molecule has 0 saturated carbocycles.